The maximum Gasteiger partial charge on any atom is 0.126 e. The van der Waals surface area contributed by atoms with Crippen LogP contribution < -0.4 is 4.90 Å². The highest BCUT2D eigenvalue weighted by Gasteiger charge is 2.25. The summed E-state index contributed by atoms with van der Waals surface area (Å²) in [7, 11) is 0. The second-order valence-electron chi connectivity index (χ2n) is 14.4. The van der Waals surface area contributed by atoms with E-state index in [-0.39, 0.29) is 33.2 Å². The summed E-state index contributed by atoms with van der Waals surface area (Å²) in [6.07, 6.45) is 0. The molecule has 4 heteroatoms. The average Bonchev–Trinajstić information content (AvgIpc) is 3.99. The lowest BCUT2D eigenvalue weighted by molar-refractivity contribution is 1.30. The molecule has 0 aliphatic carbocycles. The maximum absolute atomic E-state index is 9.61. The van der Waals surface area contributed by atoms with Crippen molar-refractivity contribution in [1.82, 2.24) is 4.98 Å². The molecule has 12 aromatic rings. The van der Waals surface area contributed by atoms with Gasteiger partial charge in [0.2, 0.25) is 0 Å². The third kappa shape index (κ3) is 5.64. The number of para-hydroxylation sites is 1. The molecule has 0 spiro atoms. The summed E-state index contributed by atoms with van der Waals surface area (Å²) in [5.41, 5.74) is 7.12. The van der Waals surface area contributed by atoms with Gasteiger partial charge in [-0.1, -0.05) is 151 Å². The number of fused-ring (bicyclic) bond motifs is 9. The van der Waals surface area contributed by atoms with E-state index in [0.717, 1.165) is 74.5 Å². The number of thiophene rings is 1. The first-order chi connectivity index (χ1) is 33.0. The third-order valence-electron chi connectivity index (χ3n) is 11.0. The van der Waals surface area contributed by atoms with Gasteiger partial charge in [-0.2, -0.15) is 0 Å². The summed E-state index contributed by atoms with van der Waals surface area (Å²) in [6, 6.07) is 47.4. The molecule has 0 aliphatic heterocycles. The van der Waals surface area contributed by atoms with Crippen LogP contribution in [0.4, 0.5) is 17.1 Å². The number of thiazole rings is 1. The second kappa shape index (κ2) is 13.8. The number of anilines is 3. The zero-order chi connectivity index (χ0) is 46.7. The Bertz CT molecular complexity index is 4040. The van der Waals surface area contributed by atoms with Gasteiger partial charge in [-0.3, -0.25) is 0 Å². The smallest absolute Gasteiger partial charge is 0.126 e. The van der Waals surface area contributed by atoms with Gasteiger partial charge in [-0.05, 0) is 109 Å². The zero-order valence-corrected chi connectivity index (χ0v) is 32.8. The molecule has 0 N–H and O–H groups in total. The van der Waals surface area contributed by atoms with Crippen LogP contribution in [0.25, 0.3) is 95.5 Å². The van der Waals surface area contributed by atoms with E-state index >= 15 is 0 Å². The molecule has 0 saturated heterocycles. The molecule has 0 unspecified atom stereocenters. The minimum atomic E-state index is -0.545. The first-order valence-corrected chi connectivity index (χ1v) is 20.8. The normalized spacial score (nSPS) is 13.9. The van der Waals surface area contributed by atoms with Gasteiger partial charge < -0.3 is 4.90 Å². The van der Waals surface area contributed by atoms with E-state index in [1.807, 2.05) is 60.7 Å². The van der Waals surface area contributed by atoms with Gasteiger partial charge in [0, 0.05) is 32.4 Å². The zero-order valence-electron chi connectivity index (χ0n) is 40.1. The van der Waals surface area contributed by atoms with Crippen molar-refractivity contribution in [3.63, 3.8) is 0 Å². The van der Waals surface area contributed by atoms with Gasteiger partial charge in [0.25, 0.3) is 0 Å². The lowest BCUT2D eigenvalue weighted by atomic mass is 9.93. The summed E-state index contributed by atoms with van der Waals surface area (Å²) in [4.78, 5) is 7.45. The molecule has 0 aliphatic rings. The molecule has 59 heavy (non-hydrogen) atoms. The predicted molar refractivity (Wildman–Crippen MR) is 256 cm³/mol. The Morgan fingerprint density at radius 2 is 1.12 bits per heavy atom. The van der Waals surface area contributed by atoms with Crippen LogP contribution in [0.3, 0.4) is 0 Å². The van der Waals surface area contributed by atoms with Crippen molar-refractivity contribution in [2.45, 2.75) is 0 Å². The summed E-state index contributed by atoms with van der Waals surface area (Å²) < 4.78 is 83.2. The van der Waals surface area contributed by atoms with Crippen molar-refractivity contribution < 1.29 is 12.3 Å². The minimum absolute atomic E-state index is 0.0139. The number of hydrogen-bond donors (Lipinski definition) is 0. The highest BCUT2D eigenvalue weighted by atomic mass is 32.1. The van der Waals surface area contributed by atoms with Gasteiger partial charge in [-0.25, -0.2) is 4.98 Å². The van der Waals surface area contributed by atoms with Crippen molar-refractivity contribution in [1.29, 1.82) is 0 Å². The van der Waals surface area contributed by atoms with Crippen molar-refractivity contribution >= 4 is 102 Å². The van der Waals surface area contributed by atoms with Crippen LogP contribution in [0.1, 0.15) is 12.3 Å². The molecule has 2 nitrogen and oxygen atoms in total. The van der Waals surface area contributed by atoms with Crippen molar-refractivity contribution in [2.24, 2.45) is 0 Å². The maximum atomic E-state index is 9.61. The number of rotatable bonds is 6. The molecule has 276 valence electrons. The Labute approximate surface area is 362 Å². The van der Waals surface area contributed by atoms with Crippen molar-refractivity contribution in [2.75, 3.05) is 4.90 Å². The van der Waals surface area contributed by atoms with Crippen LogP contribution in [0, 0.1) is 0 Å². The first-order valence-electron chi connectivity index (χ1n) is 23.7. The molecule has 0 bridgehead atoms. The average molecular weight is 796 g/mol. The molecule has 0 atom stereocenters. The molecule has 10 aromatic carbocycles. The summed E-state index contributed by atoms with van der Waals surface area (Å²) in [5, 5.41) is 5.17. The molecule has 0 radical (unpaired) electrons. The van der Waals surface area contributed by atoms with Crippen molar-refractivity contribution in [3.05, 3.63) is 206 Å². The third-order valence-corrected chi connectivity index (χ3v) is 13.3. The van der Waals surface area contributed by atoms with Crippen LogP contribution in [0.5, 0.6) is 0 Å². The van der Waals surface area contributed by atoms with E-state index in [4.69, 9.17) is 16.0 Å². The van der Waals surface area contributed by atoms with E-state index in [2.05, 4.69) is 95.9 Å². The molecular weight excluding hydrogens is 753 g/mol. The Morgan fingerprint density at radius 1 is 0.441 bits per heavy atom. The second-order valence-corrected chi connectivity index (χ2v) is 16.5. The van der Waals surface area contributed by atoms with Gasteiger partial charge in [0.05, 0.1) is 32.9 Å². The summed E-state index contributed by atoms with van der Waals surface area (Å²) in [6.45, 7) is 0. The largest absolute Gasteiger partial charge is 0.308 e. The van der Waals surface area contributed by atoms with E-state index < -0.39 is 48.3 Å². The Balaban J connectivity index is 1.15. The molecule has 12 rings (SSSR count). The van der Waals surface area contributed by atoms with Gasteiger partial charge in [0.15, 0.2) is 0 Å². The number of nitrogens with zero attached hydrogens (tertiary/aromatic N) is 2. The number of aromatic nitrogens is 1. The Morgan fingerprint density at radius 3 is 1.93 bits per heavy atom. The van der Waals surface area contributed by atoms with E-state index in [1.165, 1.54) is 5.39 Å². The lowest BCUT2D eigenvalue weighted by Crippen LogP contribution is -2.11. The topological polar surface area (TPSA) is 16.1 Å². The standard InChI is InChI=1S/C55H34N2S2/c1-2-12-35(13-3-1)36-22-27-40(28-23-36)57(41-29-24-38(25-30-41)48-34-39-15-5-6-16-42(39)44-18-8-9-19-45(44)48)53-47(55-56-49-20-10-11-21-50(49)59-55)32-31-46-52-43-17-7-4-14-37(43)26-33-51(52)58-54(46)53/h1-34H/i5D,6D,8D,9D,15D,16D,18D,19D,34D. The fraction of sp³-hybridized carbons (Fsp3) is 0. The van der Waals surface area contributed by atoms with Crippen LogP contribution >= 0.6 is 22.7 Å². The van der Waals surface area contributed by atoms with Gasteiger partial charge in [0.1, 0.15) is 5.01 Å². The molecule has 2 heterocycles. The SMILES string of the molecule is [2H]c1c([2H])c([2H])c2c(c1[2H])c([2H])c(-c1ccc(N(c3ccc(-c4ccccc4)cc3)c3c(-c4nc5ccccc5s4)ccc4c3sc3ccc5ccccc5c34)cc1)c1c([2H])c([2H])c([2H])c([2H])c12. The predicted octanol–water partition coefficient (Wildman–Crippen LogP) is 16.6. The summed E-state index contributed by atoms with van der Waals surface area (Å²) in [5.74, 6) is 0. The highest BCUT2D eigenvalue weighted by Crippen LogP contribution is 2.52. The highest BCUT2D eigenvalue weighted by molar-refractivity contribution is 7.26. The molecule has 0 saturated carbocycles. The van der Waals surface area contributed by atoms with Gasteiger partial charge >= 0.3 is 0 Å². The number of benzene rings is 10. The first kappa shape index (κ1) is 26.0. The number of hydrogen-bond acceptors (Lipinski definition) is 4. The monoisotopic (exact) mass is 795 g/mol. The van der Waals surface area contributed by atoms with Crippen molar-refractivity contribution in [3.8, 4) is 32.8 Å². The molecular formula is C55H34N2S2. The Hall–Kier alpha value is -7.11. The molecule has 2 aromatic heterocycles. The van der Waals surface area contributed by atoms with E-state index in [1.54, 1.807) is 22.7 Å². The van der Waals surface area contributed by atoms with Gasteiger partial charge in [-0.15, -0.1) is 22.7 Å². The fourth-order valence-electron chi connectivity index (χ4n) is 8.28. The van der Waals surface area contributed by atoms with Crippen LogP contribution in [0.2, 0.25) is 0 Å². The van der Waals surface area contributed by atoms with E-state index in [0.29, 0.717) is 5.56 Å². The summed E-state index contributed by atoms with van der Waals surface area (Å²) >= 11 is 3.36. The molecule has 0 amide bonds. The van der Waals surface area contributed by atoms with Crippen LogP contribution in [-0.4, -0.2) is 4.98 Å². The molecule has 0 fully saturated rings. The van der Waals surface area contributed by atoms with E-state index in [9.17, 15) is 1.37 Å². The van der Waals surface area contributed by atoms with Crippen LogP contribution in [0.15, 0.2) is 206 Å². The quantitative estimate of drug-likeness (QED) is 0.156. The Kier molecular flexibility index (Phi) is 6.07. The lowest BCUT2D eigenvalue weighted by Gasteiger charge is -2.28. The fourth-order valence-corrected chi connectivity index (χ4v) is 10.5. The minimum Gasteiger partial charge on any atom is -0.308 e. The van der Waals surface area contributed by atoms with Crippen LogP contribution in [-0.2, 0) is 0 Å².